The largest absolute Gasteiger partial charge is 0.489 e. The summed E-state index contributed by atoms with van der Waals surface area (Å²) in [6.45, 7) is 2.30. The van der Waals surface area contributed by atoms with Crippen molar-refractivity contribution in [1.82, 2.24) is 19.8 Å². The Kier molecular flexibility index (Phi) is 11.1. The summed E-state index contributed by atoms with van der Waals surface area (Å²) in [5.74, 6) is 0.175. The average Bonchev–Trinajstić information content (AvgIpc) is 3.08. The molecule has 0 aliphatic carbocycles. The van der Waals surface area contributed by atoms with Gasteiger partial charge in [-0.2, -0.15) is 5.26 Å². The van der Waals surface area contributed by atoms with Crippen molar-refractivity contribution in [3.8, 4) is 23.1 Å². The average molecular weight is 637 g/mol. The summed E-state index contributed by atoms with van der Waals surface area (Å²) in [7, 11) is 0. The van der Waals surface area contributed by atoms with Gasteiger partial charge in [-0.05, 0) is 73.8 Å². The lowest BCUT2D eigenvalue weighted by molar-refractivity contribution is -0.150. The highest BCUT2D eigenvalue weighted by molar-refractivity contribution is 5.81. The van der Waals surface area contributed by atoms with E-state index in [0.29, 0.717) is 53.8 Å². The fraction of sp³-hybridized carbons (Fsp3) is 0.455. The number of aliphatic hydroxyl groups excluding tert-OH is 3. The molecular formula is C33H38F2N6O5. The molecule has 1 amide bonds. The summed E-state index contributed by atoms with van der Waals surface area (Å²) in [6.07, 6.45) is -2.18. The number of halogens is 2. The number of nitrogens with zero attached hydrogens (tertiary/aromatic N) is 5. The molecule has 2 saturated heterocycles. The number of aromatic nitrogens is 2. The number of rotatable bonds is 11. The highest BCUT2D eigenvalue weighted by Gasteiger charge is 2.33. The Morgan fingerprint density at radius 2 is 1.83 bits per heavy atom. The van der Waals surface area contributed by atoms with Crippen LogP contribution in [0.4, 0.5) is 20.4 Å². The van der Waals surface area contributed by atoms with E-state index in [4.69, 9.17) is 9.84 Å². The molecular weight excluding hydrogens is 598 g/mol. The van der Waals surface area contributed by atoms with Crippen LogP contribution >= 0.6 is 0 Å². The lowest BCUT2D eigenvalue weighted by Crippen LogP contribution is -2.47. The van der Waals surface area contributed by atoms with Crippen molar-refractivity contribution >= 4 is 17.5 Å². The van der Waals surface area contributed by atoms with E-state index in [9.17, 15) is 29.1 Å². The number of piperidine rings is 2. The van der Waals surface area contributed by atoms with Crippen molar-refractivity contribution in [3.63, 3.8) is 0 Å². The lowest BCUT2D eigenvalue weighted by Gasteiger charge is -2.33. The standard InChI is InChI=1S/C33H38F2N6O5/c34-31(35)30(44)32(45)41-14-9-27(10-15-41)46-29-5-4-23(16-24(29)18-36)28-6-11-37-33(39-28)38-25-3-1-2-22(17-25)21-7-12-40(13-8-21)19-26(43)20-42/h1-6,11,16-17,21,26-27,30-31,42-44H,7-10,12-15,19-20H2,(H,37,38,39)/t26-,30+/m0/s1. The smallest absolute Gasteiger partial charge is 0.273 e. The number of carbonyl (C=O) groups is 1. The van der Waals surface area contributed by atoms with Crippen LogP contribution in [0.1, 0.15) is 42.7 Å². The van der Waals surface area contributed by atoms with Crippen LogP contribution in [0.15, 0.2) is 54.7 Å². The van der Waals surface area contributed by atoms with Crippen molar-refractivity contribution in [3.05, 3.63) is 65.9 Å². The zero-order valence-corrected chi connectivity index (χ0v) is 25.3. The Bertz CT molecular complexity index is 1520. The normalized spacial score (nSPS) is 17.8. The topological polar surface area (TPSA) is 155 Å². The van der Waals surface area contributed by atoms with Gasteiger partial charge in [-0.1, -0.05) is 12.1 Å². The molecule has 2 aliphatic heterocycles. The van der Waals surface area contributed by atoms with Gasteiger partial charge in [0, 0.05) is 49.9 Å². The summed E-state index contributed by atoms with van der Waals surface area (Å²) in [5.41, 5.74) is 3.68. The molecule has 5 rings (SSSR count). The predicted molar refractivity (Wildman–Crippen MR) is 166 cm³/mol. The number of hydrogen-bond acceptors (Lipinski definition) is 10. The first kappa shape index (κ1) is 33.2. The first-order valence-electron chi connectivity index (χ1n) is 15.4. The SMILES string of the molecule is N#Cc1cc(-c2ccnc(Nc3cccc(C4CCN(C[C@H](O)CO)CC4)c3)n2)ccc1OC1CCN(C(=O)[C@H](O)C(F)F)CC1. The number of hydrogen-bond donors (Lipinski definition) is 4. The van der Waals surface area contributed by atoms with E-state index in [-0.39, 0.29) is 25.8 Å². The van der Waals surface area contributed by atoms with Gasteiger partial charge in [-0.15, -0.1) is 0 Å². The maximum Gasteiger partial charge on any atom is 0.273 e. The molecule has 46 heavy (non-hydrogen) atoms. The monoisotopic (exact) mass is 636 g/mol. The predicted octanol–water partition coefficient (Wildman–Crippen LogP) is 3.29. The Morgan fingerprint density at radius 3 is 2.52 bits per heavy atom. The molecule has 0 saturated carbocycles. The minimum Gasteiger partial charge on any atom is -0.489 e. The van der Waals surface area contributed by atoms with Crippen molar-refractivity contribution in [2.75, 3.05) is 44.6 Å². The molecule has 244 valence electrons. The molecule has 4 N–H and O–H groups in total. The van der Waals surface area contributed by atoms with Gasteiger partial charge in [0.05, 0.1) is 24.0 Å². The number of aliphatic hydroxyl groups is 3. The van der Waals surface area contributed by atoms with Crippen LogP contribution in [0.2, 0.25) is 0 Å². The maximum atomic E-state index is 12.7. The van der Waals surface area contributed by atoms with Crippen LogP contribution in [0.3, 0.4) is 0 Å². The summed E-state index contributed by atoms with van der Waals surface area (Å²) >= 11 is 0. The zero-order valence-electron chi connectivity index (χ0n) is 25.3. The van der Waals surface area contributed by atoms with Gasteiger partial charge in [0.2, 0.25) is 5.95 Å². The number of alkyl halides is 2. The van der Waals surface area contributed by atoms with Crippen LogP contribution in [-0.4, -0.2) is 105 Å². The molecule has 0 radical (unpaired) electrons. The fourth-order valence-electron chi connectivity index (χ4n) is 5.93. The number of anilines is 2. The van der Waals surface area contributed by atoms with Crippen LogP contribution in [-0.2, 0) is 4.79 Å². The number of likely N-dealkylation sites (tertiary alicyclic amines) is 2. The fourth-order valence-corrected chi connectivity index (χ4v) is 5.93. The van der Waals surface area contributed by atoms with Crippen LogP contribution in [0.25, 0.3) is 11.3 Å². The number of nitriles is 1. The van der Waals surface area contributed by atoms with E-state index in [1.54, 1.807) is 30.5 Å². The van der Waals surface area contributed by atoms with E-state index in [1.807, 2.05) is 12.1 Å². The highest BCUT2D eigenvalue weighted by atomic mass is 19.3. The van der Waals surface area contributed by atoms with Crippen LogP contribution < -0.4 is 10.1 Å². The second-order valence-electron chi connectivity index (χ2n) is 11.7. The molecule has 0 spiro atoms. The summed E-state index contributed by atoms with van der Waals surface area (Å²) in [6, 6.07) is 17.3. The summed E-state index contributed by atoms with van der Waals surface area (Å²) in [4.78, 5) is 24.4. The Hall–Kier alpha value is -4.22. The van der Waals surface area contributed by atoms with E-state index >= 15 is 0 Å². The van der Waals surface area contributed by atoms with Crippen molar-refractivity contribution in [2.24, 2.45) is 0 Å². The Labute approximate surface area is 266 Å². The number of amides is 1. The molecule has 2 aliphatic rings. The molecule has 1 aromatic heterocycles. The molecule has 2 aromatic carbocycles. The molecule has 2 fully saturated rings. The van der Waals surface area contributed by atoms with Crippen LogP contribution in [0.5, 0.6) is 5.75 Å². The van der Waals surface area contributed by atoms with Crippen LogP contribution in [0, 0.1) is 11.3 Å². The summed E-state index contributed by atoms with van der Waals surface area (Å²) < 4.78 is 31.5. The Morgan fingerprint density at radius 1 is 1.07 bits per heavy atom. The molecule has 3 heterocycles. The number of carbonyl (C=O) groups excluding carboxylic acids is 1. The first-order valence-corrected chi connectivity index (χ1v) is 15.4. The molecule has 3 aromatic rings. The van der Waals surface area contributed by atoms with Crippen molar-refractivity contribution < 1.29 is 33.6 Å². The second kappa shape index (κ2) is 15.4. The lowest BCUT2D eigenvalue weighted by atomic mass is 9.89. The van der Waals surface area contributed by atoms with E-state index < -0.39 is 24.5 Å². The molecule has 11 nitrogen and oxygen atoms in total. The van der Waals surface area contributed by atoms with E-state index in [0.717, 1.165) is 31.6 Å². The quantitative estimate of drug-likeness (QED) is 0.247. The van der Waals surface area contributed by atoms with Gasteiger partial charge in [-0.25, -0.2) is 18.7 Å². The molecule has 2 atom stereocenters. The number of nitrogens with one attached hydrogen (secondary N) is 1. The minimum absolute atomic E-state index is 0.169. The third kappa shape index (κ3) is 8.32. The van der Waals surface area contributed by atoms with Gasteiger partial charge in [0.15, 0.2) is 6.10 Å². The number of benzene rings is 2. The zero-order chi connectivity index (χ0) is 32.6. The van der Waals surface area contributed by atoms with Gasteiger partial charge < -0.3 is 35.2 Å². The highest BCUT2D eigenvalue weighted by Crippen LogP contribution is 2.31. The number of β-amino-alcohol motifs (C(OH)–C–C–N with tert-alkyl or cyclic N) is 1. The summed E-state index contributed by atoms with van der Waals surface area (Å²) in [5, 5.41) is 41.4. The van der Waals surface area contributed by atoms with Crippen molar-refractivity contribution in [1.29, 1.82) is 5.26 Å². The maximum absolute atomic E-state index is 12.7. The van der Waals surface area contributed by atoms with Gasteiger partial charge in [-0.3, -0.25) is 4.79 Å². The molecule has 0 unspecified atom stereocenters. The third-order valence-corrected chi connectivity index (χ3v) is 8.47. The number of ether oxygens (including phenoxy) is 1. The van der Waals surface area contributed by atoms with Gasteiger partial charge in [0.25, 0.3) is 12.3 Å². The Balaban J connectivity index is 1.20. The minimum atomic E-state index is -3.13. The van der Waals surface area contributed by atoms with Crippen molar-refractivity contribution in [2.45, 2.75) is 56.3 Å². The second-order valence-corrected chi connectivity index (χ2v) is 11.7. The first-order chi connectivity index (χ1) is 22.2. The van der Waals surface area contributed by atoms with E-state index in [1.165, 1.54) is 10.5 Å². The molecule has 0 bridgehead atoms. The van der Waals surface area contributed by atoms with E-state index in [2.05, 4.69) is 38.4 Å². The third-order valence-electron chi connectivity index (χ3n) is 8.47. The van der Waals surface area contributed by atoms with Gasteiger partial charge >= 0.3 is 0 Å². The molecule has 13 heteroatoms. The van der Waals surface area contributed by atoms with Gasteiger partial charge in [0.1, 0.15) is 17.9 Å².